The van der Waals surface area contributed by atoms with Gasteiger partial charge in [0, 0.05) is 19.4 Å². The zero-order valence-electron chi connectivity index (χ0n) is 11.3. The Balaban J connectivity index is 1.92. The molecule has 0 amide bonds. The second-order valence-corrected chi connectivity index (χ2v) is 5.88. The minimum atomic E-state index is -0.412. The summed E-state index contributed by atoms with van der Waals surface area (Å²) in [6.45, 7) is 4.06. The van der Waals surface area contributed by atoms with Gasteiger partial charge in [-0.1, -0.05) is 6.92 Å². The Kier molecular flexibility index (Phi) is 4.62. The smallest absolute Gasteiger partial charge is 0.313 e. The highest BCUT2D eigenvalue weighted by Crippen LogP contribution is 2.39. The molecule has 1 heterocycles. The monoisotopic (exact) mass is 255 g/mol. The minimum Gasteiger partial charge on any atom is -0.462 e. The van der Waals surface area contributed by atoms with Crippen LogP contribution in [0.1, 0.15) is 45.4 Å². The van der Waals surface area contributed by atoms with Crippen molar-refractivity contribution in [3.63, 3.8) is 0 Å². The number of nitrogens with two attached hydrogens (primary N) is 1. The predicted molar refractivity (Wildman–Crippen MR) is 69.1 cm³/mol. The molecule has 2 fully saturated rings. The Morgan fingerprint density at radius 3 is 2.44 bits per heavy atom. The fourth-order valence-corrected chi connectivity index (χ4v) is 2.88. The van der Waals surface area contributed by atoms with Crippen molar-refractivity contribution in [3.8, 4) is 0 Å². The van der Waals surface area contributed by atoms with Gasteiger partial charge >= 0.3 is 5.97 Å². The van der Waals surface area contributed by atoms with Crippen LogP contribution in [-0.2, 0) is 14.3 Å². The van der Waals surface area contributed by atoms with Gasteiger partial charge in [-0.05, 0) is 31.6 Å². The zero-order chi connectivity index (χ0) is 13.0. The van der Waals surface area contributed by atoms with Gasteiger partial charge in [-0.15, -0.1) is 0 Å². The number of carbonyl (C=O) groups excluding carboxylic acids is 1. The van der Waals surface area contributed by atoms with Crippen LogP contribution >= 0.6 is 0 Å². The van der Waals surface area contributed by atoms with Crippen LogP contribution in [0.3, 0.4) is 0 Å². The van der Waals surface area contributed by atoms with Gasteiger partial charge in [0.15, 0.2) is 0 Å². The lowest BCUT2D eigenvalue weighted by atomic mass is 9.71. The largest absolute Gasteiger partial charge is 0.462 e. The quantitative estimate of drug-likeness (QED) is 0.782. The maximum atomic E-state index is 12.4. The summed E-state index contributed by atoms with van der Waals surface area (Å²) in [5, 5.41) is 0. The van der Waals surface area contributed by atoms with Crippen molar-refractivity contribution < 1.29 is 14.3 Å². The van der Waals surface area contributed by atoms with Gasteiger partial charge < -0.3 is 15.2 Å². The van der Waals surface area contributed by atoms with Crippen LogP contribution in [0.15, 0.2) is 0 Å². The van der Waals surface area contributed by atoms with Gasteiger partial charge in [-0.2, -0.15) is 0 Å². The van der Waals surface area contributed by atoms with E-state index >= 15 is 0 Å². The van der Waals surface area contributed by atoms with Crippen LogP contribution in [0.25, 0.3) is 0 Å². The third kappa shape index (κ3) is 3.04. The Hall–Kier alpha value is -0.610. The first-order valence-electron chi connectivity index (χ1n) is 7.15. The summed E-state index contributed by atoms with van der Waals surface area (Å²) in [7, 11) is 0. The molecule has 104 valence electrons. The summed E-state index contributed by atoms with van der Waals surface area (Å²) >= 11 is 0. The molecular formula is C14H25NO3. The third-order valence-corrected chi connectivity index (χ3v) is 4.50. The molecule has 0 aromatic carbocycles. The summed E-state index contributed by atoms with van der Waals surface area (Å²) in [4.78, 5) is 12.4. The van der Waals surface area contributed by atoms with E-state index in [-0.39, 0.29) is 12.1 Å². The van der Waals surface area contributed by atoms with Crippen LogP contribution in [0.2, 0.25) is 0 Å². The molecule has 1 aliphatic carbocycles. The maximum Gasteiger partial charge on any atom is 0.313 e. The molecule has 2 rings (SSSR count). The van der Waals surface area contributed by atoms with Crippen LogP contribution in [-0.4, -0.2) is 31.8 Å². The fraction of sp³-hybridized carbons (Fsp3) is 0.929. The Morgan fingerprint density at radius 2 is 1.89 bits per heavy atom. The van der Waals surface area contributed by atoms with E-state index < -0.39 is 5.41 Å². The van der Waals surface area contributed by atoms with Crippen LogP contribution in [0, 0.1) is 11.3 Å². The highest BCUT2D eigenvalue weighted by Gasteiger charge is 2.42. The van der Waals surface area contributed by atoms with E-state index in [1.807, 2.05) is 0 Å². The molecule has 0 radical (unpaired) electrons. The molecule has 2 N–H and O–H groups in total. The summed E-state index contributed by atoms with van der Waals surface area (Å²) in [5.41, 5.74) is 5.45. The molecule has 0 unspecified atom stereocenters. The summed E-state index contributed by atoms with van der Waals surface area (Å²) in [6, 6.07) is 0. The highest BCUT2D eigenvalue weighted by molar-refractivity contribution is 5.77. The van der Waals surface area contributed by atoms with E-state index in [1.54, 1.807) is 0 Å². The van der Waals surface area contributed by atoms with E-state index in [9.17, 15) is 4.79 Å². The number of ether oxygens (including phenoxy) is 2. The maximum absolute atomic E-state index is 12.4. The molecule has 1 saturated heterocycles. The van der Waals surface area contributed by atoms with E-state index in [1.165, 1.54) is 0 Å². The van der Waals surface area contributed by atoms with Gasteiger partial charge in [-0.3, -0.25) is 4.79 Å². The standard InChI is InChI=1S/C14H25NO3/c1-11-2-6-14(10-15,7-3-11)13(16)18-12-4-8-17-9-5-12/h11-12H,2-10,15H2,1H3. The SMILES string of the molecule is CC1CCC(CN)(C(=O)OC2CCOCC2)CC1. The Labute approximate surface area is 109 Å². The van der Waals surface area contributed by atoms with E-state index in [4.69, 9.17) is 15.2 Å². The van der Waals surface area contributed by atoms with Crippen molar-refractivity contribution in [3.05, 3.63) is 0 Å². The van der Waals surface area contributed by atoms with Gasteiger partial charge in [0.1, 0.15) is 6.10 Å². The van der Waals surface area contributed by atoms with Crippen molar-refractivity contribution in [1.29, 1.82) is 0 Å². The third-order valence-electron chi connectivity index (χ3n) is 4.50. The van der Waals surface area contributed by atoms with Crippen LogP contribution < -0.4 is 5.73 Å². The van der Waals surface area contributed by atoms with Crippen molar-refractivity contribution >= 4 is 5.97 Å². The Bertz CT molecular complexity index is 279. The topological polar surface area (TPSA) is 61.6 Å². The molecular weight excluding hydrogens is 230 g/mol. The predicted octanol–water partition coefficient (Wildman–Crippen LogP) is 1.86. The molecule has 4 nitrogen and oxygen atoms in total. The highest BCUT2D eigenvalue weighted by atomic mass is 16.6. The van der Waals surface area contributed by atoms with Crippen molar-refractivity contribution in [2.75, 3.05) is 19.8 Å². The van der Waals surface area contributed by atoms with E-state index in [0.29, 0.717) is 25.7 Å². The summed E-state index contributed by atoms with van der Waals surface area (Å²) in [5.74, 6) is 0.643. The van der Waals surface area contributed by atoms with Gasteiger partial charge in [0.05, 0.1) is 18.6 Å². The molecule has 1 saturated carbocycles. The minimum absolute atomic E-state index is 0.0361. The first-order valence-corrected chi connectivity index (χ1v) is 7.15. The van der Waals surface area contributed by atoms with Crippen molar-refractivity contribution in [2.24, 2.45) is 17.1 Å². The fourth-order valence-electron chi connectivity index (χ4n) is 2.88. The number of rotatable bonds is 3. The zero-order valence-corrected chi connectivity index (χ0v) is 11.3. The molecule has 0 bridgehead atoms. The molecule has 0 atom stereocenters. The average molecular weight is 255 g/mol. The lowest BCUT2D eigenvalue weighted by molar-refractivity contribution is -0.167. The first kappa shape index (κ1) is 13.8. The molecule has 0 spiro atoms. The Morgan fingerprint density at radius 1 is 1.28 bits per heavy atom. The molecule has 0 aromatic heterocycles. The number of hydrogen-bond donors (Lipinski definition) is 1. The summed E-state index contributed by atoms with van der Waals surface area (Å²) in [6.07, 6.45) is 5.61. The van der Waals surface area contributed by atoms with Gasteiger partial charge in [0.25, 0.3) is 0 Å². The number of carbonyl (C=O) groups is 1. The van der Waals surface area contributed by atoms with Gasteiger partial charge in [-0.25, -0.2) is 0 Å². The van der Waals surface area contributed by atoms with Crippen LogP contribution in [0.4, 0.5) is 0 Å². The first-order chi connectivity index (χ1) is 8.66. The van der Waals surface area contributed by atoms with Crippen molar-refractivity contribution in [2.45, 2.75) is 51.6 Å². The lowest BCUT2D eigenvalue weighted by Gasteiger charge is -2.37. The molecule has 2 aliphatic rings. The second-order valence-electron chi connectivity index (χ2n) is 5.88. The normalized spacial score (nSPS) is 34.2. The van der Waals surface area contributed by atoms with Crippen molar-refractivity contribution in [1.82, 2.24) is 0 Å². The van der Waals surface area contributed by atoms with Crippen LogP contribution in [0.5, 0.6) is 0 Å². The summed E-state index contributed by atoms with van der Waals surface area (Å²) < 4.78 is 10.9. The van der Waals surface area contributed by atoms with E-state index in [0.717, 1.165) is 38.5 Å². The average Bonchev–Trinajstić information content (AvgIpc) is 2.41. The molecule has 1 aliphatic heterocycles. The lowest BCUT2D eigenvalue weighted by Crippen LogP contribution is -2.44. The number of hydrogen-bond acceptors (Lipinski definition) is 4. The number of esters is 1. The van der Waals surface area contributed by atoms with E-state index in [2.05, 4.69) is 6.92 Å². The second kappa shape index (κ2) is 6.02. The molecule has 18 heavy (non-hydrogen) atoms. The molecule has 0 aromatic rings. The van der Waals surface area contributed by atoms with Gasteiger partial charge in [0.2, 0.25) is 0 Å². The molecule has 4 heteroatoms.